The third-order valence-corrected chi connectivity index (χ3v) is 3.41. The summed E-state index contributed by atoms with van der Waals surface area (Å²) in [6, 6.07) is 3.04. The van der Waals surface area contributed by atoms with E-state index in [2.05, 4.69) is 24.0 Å². The number of aryl methyl sites for hydroxylation is 1. The minimum atomic E-state index is 0.477. The van der Waals surface area contributed by atoms with Crippen LogP contribution in [0.25, 0.3) is 0 Å². The number of hydrogen-bond acceptors (Lipinski definition) is 3. The van der Waals surface area contributed by atoms with Crippen LogP contribution in [0.15, 0.2) is 6.07 Å². The molecule has 0 amide bonds. The van der Waals surface area contributed by atoms with Gasteiger partial charge in [-0.3, -0.25) is 0 Å². The smallest absolute Gasteiger partial charge is 0.122 e. The summed E-state index contributed by atoms with van der Waals surface area (Å²) in [5.41, 5.74) is 6.95. The highest BCUT2D eigenvalue weighted by molar-refractivity contribution is 5.30. The molecule has 0 aromatic carbocycles. The third-order valence-electron chi connectivity index (χ3n) is 3.41. The van der Waals surface area contributed by atoms with Gasteiger partial charge < -0.3 is 10.6 Å². The monoisotopic (exact) mass is 208 g/mol. The van der Waals surface area contributed by atoms with Gasteiger partial charge in [0.25, 0.3) is 0 Å². The van der Waals surface area contributed by atoms with Gasteiger partial charge in [0.1, 0.15) is 5.82 Å². The minimum Gasteiger partial charge on any atom is -0.384 e. The zero-order valence-electron chi connectivity index (χ0n) is 9.77. The van der Waals surface area contributed by atoms with Crippen LogP contribution in [0.2, 0.25) is 0 Å². The molecule has 2 rings (SSSR count). The maximum Gasteiger partial charge on any atom is 0.122 e. The number of likely N-dealkylation sites (tertiary alicyclic amines) is 1. The number of nitrogen functional groups attached to an aromatic ring is 1. The largest absolute Gasteiger partial charge is 0.384 e. The number of anilines is 1. The van der Waals surface area contributed by atoms with Gasteiger partial charge in [-0.05, 0) is 33.7 Å². The maximum absolute atomic E-state index is 5.94. The second kappa shape index (κ2) is 3.85. The highest BCUT2D eigenvalue weighted by atomic mass is 15.3. The molecular weight excluding hydrogens is 188 g/mol. The van der Waals surface area contributed by atoms with Gasteiger partial charge in [-0.15, -0.1) is 0 Å². The molecule has 0 bridgehead atoms. The lowest BCUT2D eigenvalue weighted by atomic mass is 9.99. The SMILES string of the molecule is Cc1cc(N)n(C2CCN(C)C(C)C2)n1. The van der Waals surface area contributed by atoms with Gasteiger partial charge >= 0.3 is 0 Å². The normalized spacial score (nSPS) is 28.2. The fraction of sp³-hybridized carbons (Fsp3) is 0.727. The molecule has 1 saturated heterocycles. The van der Waals surface area contributed by atoms with Gasteiger partial charge in [-0.2, -0.15) is 5.10 Å². The van der Waals surface area contributed by atoms with Crippen LogP contribution >= 0.6 is 0 Å². The topological polar surface area (TPSA) is 47.1 Å². The van der Waals surface area contributed by atoms with E-state index in [9.17, 15) is 0 Å². The summed E-state index contributed by atoms with van der Waals surface area (Å²) in [5.74, 6) is 0.800. The number of nitrogens with two attached hydrogens (primary N) is 1. The Morgan fingerprint density at radius 2 is 2.27 bits per heavy atom. The van der Waals surface area contributed by atoms with Crippen LogP contribution in [0.4, 0.5) is 5.82 Å². The predicted molar refractivity (Wildman–Crippen MR) is 61.7 cm³/mol. The Labute approximate surface area is 91.1 Å². The first-order chi connectivity index (χ1) is 7.08. The van der Waals surface area contributed by atoms with Crippen molar-refractivity contribution in [3.05, 3.63) is 11.8 Å². The molecule has 4 nitrogen and oxygen atoms in total. The van der Waals surface area contributed by atoms with Crippen LogP contribution < -0.4 is 5.73 Å². The van der Waals surface area contributed by atoms with Gasteiger partial charge in [-0.25, -0.2) is 4.68 Å². The molecule has 4 heteroatoms. The molecule has 2 atom stereocenters. The predicted octanol–water partition coefficient (Wildman–Crippen LogP) is 1.43. The molecule has 2 N–H and O–H groups in total. The van der Waals surface area contributed by atoms with Crippen LogP contribution in [-0.2, 0) is 0 Å². The molecule has 2 heterocycles. The lowest BCUT2D eigenvalue weighted by Gasteiger charge is -2.35. The van der Waals surface area contributed by atoms with E-state index in [0.717, 1.165) is 30.9 Å². The molecule has 84 valence electrons. The Bertz CT molecular complexity index is 344. The average Bonchev–Trinajstić information content (AvgIpc) is 2.50. The maximum atomic E-state index is 5.94. The van der Waals surface area contributed by atoms with E-state index < -0.39 is 0 Å². The first-order valence-corrected chi connectivity index (χ1v) is 5.60. The summed E-state index contributed by atoms with van der Waals surface area (Å²) in [5, 5.41) is 4.47. The number of rotatable bonds is 1. The Morgan fingerprint density at radius 3 is 2.80 bits per heavy atom. The van der Waals surface area contributed by atoms with Gasteiger partial charge in [-0.1, -0.05) is 0 Å². The number of nitrogens with zero attached hydrogens (tertiary/aromatic N) is 3. The summed E-state index contributed by atoms with van der Waals surface area (Å²) >= 11 is 0. The van der Waals surface area contributed by atoms with Crippen LogP contribution in [-0.4, -0.2) is 34.3 Å². The van der Waals surface area contributed by atoms with E-state index in [1.54, 1.807) is 0 Å². The van der Waals surface area contributed by atoms with Crippen LogP contribution in [0.1, 0.15) is 31.5 Å². The molecule has 1 fully saturated rings. The van der Waals surface area contributed by atoms with Crippen LogP contribution in [0.5, 0.6) is 0 Å². The summed E-state index contributed by atoms with van der Waals surface area (Å²) in [4.78, 5) is 2.39. The van der Waals surface area contributed by atoms with Crippen LogP contribution in [0, 0.1) is 6.92 Å². The minimum absolute atomic E-state index is 0.477. The van der Waals surface area contributed by atoms with Crippen molar-refractivity contribution in [2.75, 3.05) is 19.3 Å². The quantitative estimate of drug-likeness (QED) is 0.759. The molecular formula is C11H20N4. The van der Waals surface area contributed by atoms with Gasteiger partial charge in [0.2, 0.25) is 0 Å². The molecule has 0 spiro atoms. The van der Waals surface area contributed by atoms with E-state index in [1.807, 2.05) is 17.7 Å². The molecule has 2 unspecified atom stereocenters. The summed E-state index contributed by atoms with van der Waals surface area (Å²) in [7, 11) is 2.18. The molecule has 0 saturated carbocycles. The third kappa shape index (κ3) is 2.00. The zero-order chi connectivity index (χ0) is 11.0. The Hall–Kier alpha value is -1.03. The van der Waals surface area contributed by atoms with E-state index in [4.69, 9.17) is 5.73 Å². The Kier molecular flexibility index (Phi) is 2.69. The van der Waals surface area contributed by atoms with E-state index in [0.29, 0.717) is 12.1 Å². The molecule has 1 aromatic heterocycles. The van der Waals surface area contributed by atoms with Gasteiger partial charge in [0.05, 0.1) is 11.7 Å². The van der Waals surface area contributed by atoms with Gasteiger partial charge in [0, 0.05) is 18.7 Å². The lowest BCUT2D eigenvalue weighted by Crippen LogP contribution is -2.38. The van der Waals surface area contributed by atoms with Crippen molar-refractivity contribution in [2.24, 2.45) is 0 Å². The molecule has 0 aliphatic carbocycles. The van der Waals surface area contributed by atoms with Crippen molar-refractivity contribution in [2.45, 2.75) is 38.8 Å². The summed E-state index contributed by atoms with van der Waals surface area (Å²) in [6.07, 6.45) is 2.29. The standard InChI is InChI=1S/C11H20N4/c1-8-6-11(12)15(13-8)10-4-5-14(3)9(2)7-10/h6,9-10H,4-5,7,12H2,1-3H3. The fourth-order valence-electron chi connectivity index (χ4n) is 2.32. The number of hydrogen-bond donors (Lipinski definition) is 1. The second-order valence-corrected chi connectivity index (χ2v) is 4.66. The fourth-order valence-corrected chi connectivity index (χ4v) is 2.32. The average molecular weight is 208 g/mol. The first kappa shape index (κ1) is 10.5. The van der Waals surface area contributed by atoms with E-state index in [-0.39, 0.29) is 0 Å². The van der Waals surface area contributed by atoms with Crippen molar-refractivity contribution in [1.82, 2.24) is 14.7 Å². The van der Waals surface area contributed by atoms with Crippen molar-refractivity contribution in [3.63, 3.8) is 0 Å². The Morgan fingerprint density at radius 1 is 1.53 bits per heavy atom. The van der Waals surface area contributed by atoms with Crippen molar-refractivity contribution < 1.29 is 0 Å². The Balaban J connectivity index is 2.15. The summed E-state index contributed by atoms with van der Waals surface area (Å²) < 4.78 is 2.00. The summed E-state index contributed by atoms with van der Waals surface area (Å²) in [6.45, 7) is 5.38. The van der Waals surface area contributed by atoms with Crippen molar-refractivity contribution in [3.8, 4) is 0 Å². The first-order valence-electron chi connectivity index (χ1n) is 5.60. The second-order valence-electron chi connectivity index (χ2n) is 4.66. The number of aromatic nitrogens is 2. The molecule has 1 aliphatic rings. The van der Waals surface area contributed by atoms with Crippen molar-refractivity contribution >= 4 is 5.82 Å². The molecule has 1 aromatic rings. The zero-order valence-corrected chi connectivity index (χ0v) is 9.77. The number of piperidine rings is 1. The van der Waals surface area contributed by atoms with Crippen molar-refractivity contribution in [1.29, 1.82) is 0 Å². The van der Waals surface area contributed by atoms with Crippen LogP contribution in [0.3, 0.4) is 0 Å². The molecule has 0 radical (unpaired) electrons. The highest BCUT2D eigenvalue weighted by Gasteiger charge is 2.25. The lowest BCUT2D eigenvalue weighted by molar-refractivity contribution is 0.151. The van der Waals surface area contributed by atoms with E-state index in [1.165, 1.54) is 0 Å². The van der Waals surface area contributed by atoms with Gasteiger partial charge in [0.15, 0.2) is 0 Å². The van der Waals surface area contributed by atoms with E-state index >= 15 is 0 Å². The highest BCUT2D eigenvalue weighted by Crippen LogP contribution is 2.27. The molecule has 15 heavy (non-hydrogen) atoms. The molecule has 1 aliphatic heterocycles.